The maximum Gasteiger partial charge on any atom is 0.261 e. The molecule has 0 fully saturated rings. The molecule has 0 bridgehead atoms. The maximum atomic E-state index is 11.8. The molecule has 1 rings (SSSR count). The Morgan fingerprint density at radius 3 is 2.75 bits per heavy atom. The average Bonchev–Trinajstić information content (AvgIpc) is 2.60. The van der Waals surface area contributed by atoms with Crippen LogP contribution in [-0.4, -0.2) is 18.0 Å². The van der Waals surface area contributed by atoms with Crippen molar-refractivity contribution in [2.45, 2.75) is 26.3 Å². The van der Waals surface area contributed by atoms with Crippen molar-refractivity contribution in [3.63, 3.8) is 0 Å². The molecule has 1 aromatic rings. The third-order valence-corrected chi connectivity index (χ3v) is 2.63. The van der Waals surface area contributed by atoms with Gasteiger partial charge in [-0.25, -0.2) is 0 Å². The van der Waals surface area contributed by atoms with Gasteiger partial charge in [0.2, 0.25) is 0 Å². The number of rotatable bonds is 1. The molecule has 0 atom stereocenters. The normalized spacial score (nSPS) is 10.5. The summed E-state index contributed by atoms with van der Waals surface area (Å²) in [6, 6.07) is 3.62. The fourth-order valence-electron chi connectivity index (χ4n) is 1.07. The minimum Gasteiger partial charge on any atom is -0.347 e. The van der Waals surface area contributed by atoms with Crippen LogP contribution in [0, 0.1) is 11.8 Å². The zero-order valence-electron chi connectivity index (χ0n) is 9.76. The van der Waals surface area contributed by atoms with Gasteiger partial charge in [0, 0.05) is 5.54 Å². The molecule has 0 saturated heterocycles. The van der Waals surface area contributed by atoms with Gasteiger partial charge in [-0.05, 0) is 32.9 Å². The van der Waals surface area contributed by atoms with Crippen molar-refractivity contribution in [3.8, 4) is 11.8 Å². The fourth-order valence-corrected chi connectivity index (χ4v) is 1.84. The van der Waals surface area contributed by atoms with Gasteiger partial charge in [0.05, 0.1) is 16.3 Å². The molecule has 1 heterocycles. The second-order valence-electron chi connectivity index (χ2n) is 4.37. The number of hydrogen-bond acceptors (Lipinski definition) is 3. The molecule has 0 saturated carbocycles. The molecule has 0 aliphatic carbocycles. The zero-order chi connectivity index (χ0) is 12.2. The van der Waals surface area contributed by atoms with E-state index in [2.05, 4.69) is 17.2 Å². The average molecular weight is 236 g/mol. The number of amides is 1. The highest BCUT2D eigenvalue weighted by molar-refractivity contribution is 7.14. The van der Waals surface area contributed by atoms with Crippen LogP contribution in [0.25, 0.3) is 0 Å². The number of thiophene rings is 1. The third kappa shape index (κ3) is 4.05. The lowest BCUT2D eigenvalue weighted by atomic mass is 10.1. The molecule has 0 spiro atoms. The van der Waals surface area contributed by atoms with E-state index in [1.807, 2.05) is 26.8 Å². The van der Waals surface area contributed by atoms with Crippen LogP contribution in [0.2, 0.25) is 0 Å². The van der Waals surface area contributed by atoms with E-state index in [0.717, 1.165) is 4.88 Å². The summed E-state index contributed by atoms with van der Waals surface area (Å²) in [6.45, 7) is 6.19. The molecule has 3 nitrogen and oxygen atoms in total. The van der Waals surface area contributed by atoms with Gasteiger partial charge in [-0.15, -0.1) is 11.3 Å². The molecule has 86 valence electrons. The number of nitrogens with two attached hydrogens (primary N) is 1. The molecule has 0 aliphatic rings. The van der Waals surface area contributed by atoms with Crippen LogP contribution in [0.3, 0.4) is 0 Å². The molecule has 16 heavy (non-hydrogen) atoms. The van der Waals surface area contributed by atoms with E-state index in [9.17, 15) is 4.79 Å². The van der Waals surface area contributed by atoms with E-state index in [4.69, 9.17) is 5.73 Å². The standard InChI is InChI=1S/C12H16N2OS/c1-12(2,3)14-11(15)10-7-6-9(16-10)5-4-8-13/h6-7H,8,13H2,1-3H3,(H,14,15). The second kappa shape index (κ2) is 5.15. The molecule has 3 N–H and O–H groups in total. The van der Waals surface area contributed by atoms with Crippen LogP contribution in [-0.2, 0) is 0 Å². The lowest BCUT2D eigenvalue weighted by Gasteiger charge is -2.19. The quantitative estimate of drug-likeness (QED) is 0.727. The molecule has 0 aromatic carbocycles. The van der Waals surface area contributed by atoms with E-state index in [0.29, 0.717) is 11.4 Å². The smallest absolute Gasteiger partial charge is 0.261 e. The third-order valence-electron chi connectivity index (χ3n) is 1.63. The SMILES string of the molecule is CC(C)(C)NC(=O)c1ccc(C#CCN)s1. The van der Waals surface area contributed by atoms with Crippen molar-refractivity contribution >= 4 is 17.2 Å². The highest BCUT2D eigenvalue weighted by Crippen LogP contribution is 2.16. The summed E-state index contributed by atoms with van der Waals surface area (Å²) < 4.78 is 0. The van der Waals surface area contributed by atoms with Crippen LogP contribution in [0.5, 0.6) is 0 Å². The minimum absolute atomic E-state index is 0.0571. The molecular formula is C12H16N2OS. The monoisotopic (exact) mass is 236 g/mol. The van der Waals surface area contributed by atoms with Crippen molar-refractivity contribution in [1.29, 1.82) is 0 Å². The number of nitrogens with one attached hydrogen (secondary N) is 1. The second-order valence-corrected chi connectivity index (χ2v) is 5.46. The van der Waals surface area contributed by atoms with E-state index < -0.39 is 0 Å². The van der Waals surface area contributed by atoms with E-state index >= 15 is 0 Å². The van der Waals surface area contributed by atoms with Gasteiger partial charge in [-0.1, -0.05) is 11.8 Å². The Kier molecular flexibility index (Phi) is 4.11. The lowest BCUT2D eigenvalue weighted by Crippen LogP contribution is -2.40. The van der Waals surface area contributed by atoms with Gasteiger partial charge < -0.3 is 11.1 Å². The van der Waals surface area contributed by atoms with E-state index in [1.54, 1.807) is 6.07 Å². The van der Waals surface area contributed by atoms with Gasteiger partial charge in [0.15, 0.2) is 0 Å². The Morgan fingerprint density at radius 2 is 2.19 bits per heavy atom. The fraction of sp³-hybridized carbons (Fsp3) is 0.417. The van der Waals surface area contributed by atoms with Crippen LogP contribution in [0.15, 0.2) is 12.1 Å². The lowest BCUT2D eigenvalue weighted by molar-refractivity contribution is 0.0924. The van der Waals surface area contributed by atoms with Crippen LogP contribution < -0.4 is 11.1 Å². The predicted molar refractivity (Wildman–Crippen MR) is 67.5 cm³/mol. The van der Waals surface area contributed by atoms with Gasteiger partial charge in [0.1, 0.15) is 0 Å². The van der Waals surface area contributed by atoms with Crippen molar-refractivity contribution in [2.24, 2.45) is 5.73 Å². The number of carbonyl (C=O) groups is 1. The summed E-state index contributed by atoms with van der Waals surface area (Å²) in [6.07, 6.45) is 0. The molecule has 4 heteroatoms. The summed E-state index contributed by atoms with van der Waals surface area (Å²) in [7, 11) is 0. The highest BCUT2D eigenvalue weighted by atomic mass is 32.1. The molecular weight excluding hydrogens is 220 g/mol. The molecule has 1 amide bonds. The molecule has 0 unspecified atom stereocenters. The molecule has 0 radical (unpaired) electrons. The first-order valence-corrected chi connectivity index (χ1v) is 5.85. The van der Waals surface area contributed by atoms with Crippen LogP contribution in [0.1, 0.15) is 35.3 Å². The number of carbonyl (C=O) groups excluding carboxylic acids is 1. The Morgan fingerprint density at radius 1 is 1.50 bits per heavy atom. The first-order chi connectivity index (χ1) is 7.42. The van der Waals surface area contributed by atoms with Gasteiger partial charge >= 0.3 is 0 Å². The van der Waals surface area contributed by atoms with Crippen molar-refractivity contribution < 1.29 is 4.79 Å². The van der Waals surface area contributed by atoms with E-state index in [1.165, 1.54) is 11.3 Å². The predicted octanol–water partition coefficient (Wildman–Crippen LogP) is 1.59. The van der Waals surface area contributed by atoms with Gasteiger partial charge in [-0.2, -0.15) is 0 Å². The summed E-state index contributed by atoms with van der Waals surface area (Å²) in [5.41, 5.74) is 5.06. The topological polar surface area (TPSA) is 55.1 Å². The van der Waals surface area contributed by atoms with Crippen LogP contribution in [0.4, 0.5) is 0 Å². The minimum atomic E-state index is -0.218. The first-order valence-electron chi connectivity index (χ1n) is 5.03. The summed E-state index contributed by atoms with van der Waals surface area (Å²) in [5.74, 6) is 5.61. The summed E-state index contributed by atoms with van der Waals surface area (Å²) >= 11 is 1.38. The molecule has 0 aliphatic heterocycles. The Labute approximate surface area is 100 Å². The van der Waals surface area contributed by atoms with Gasteiger partial charge in [0.25, 0.3) is 5.91 Å². The Balaban J connectivity index is 2.75. The largest absolute Gasteiger partial charge is 0.347 e. The first kappa shape index (κ1) is 12.8. The van der Waals surface area contributed by atoms with Crippen molar-refractivity contribution in [2.75, 3.05) is 6.54 Å². The Hall–Kier alpha value is -1.31. The van der Waals surface area contributed by atoms with Crippen LogP contribution >= 0.6 is 11.3 Å². The van der Waals surface area contributed by atoms with E-state index in [-0.39, 0.29) is 11.4 Å². The van der Waals surface area contributed by atoms with Crippen molar-refractivity contribution in [3.05, 3.63) is 21.9 Å². The number of hydrogen-bond donors (Lipinski definition) is 2. The Bertz CT molecular complexity index is 432. The van der Waals surface area contributed by atoms with Gasteiger partial charge in [-0.3, -0.25) is 4.79 Å². The zero-order valence-corrected chi connectivity index (χ0v) is 10.6. The molecule has 1 aromatic heterocycles. The summed E-state index contributed by atoms with van der Waals surface area (Å²) in [4.78, 5) is 13.3. The maximum absolute atomic E-state index is 11.8. The van der Waals surface area contributed by atoms with Crippen molar-refractivity contribution in [1.82, 2.24) is 5.32 Å². The summed E-state index contributed by atoms with van der Waals surface area (Å²) in [5, 5.41) is 2.90. The highest BCUT2D eigenvalue weighted by Gasteiger charge is 2.16.